The number of hydrogen-bond donors (Lipinski definition) is 0. The van der Waals surface area contributed by atoms with Gasteiger partial charge in [0.2, 0.25) is 0 Å². The predicted molar refractivity (Wildman–Crippen MR) is 61.6 cm³/mol. The monoisotopic (exact) mass is 302 g/mol. The number of halogens is 1. The molecule has 0 N–H and O–H groups in total. The predicted octanol–water partition coefficient (Wildman–Crippen LogP) is -0.0444. The van der Waals surface area contributed by atoms with Gasteiger partial charge in [0.25, 0.3) is 0 Å². The van der Waals surface area contributed by atoms with Crippen molar-refractivity contribution in [3.8, 4) is 11.3 Å². The van der Waals surface area contributed by atoms with Gasteiger partial charge in [0.15, 0.2) is 5.82 Å². The van der Waals surface area contributed by atoms with Crippen LogP contribution in [0.5, 0.6) is 0 Å². The Kier molecular flexibility index (Phi) is 5.26. The van der Waals surface area contributed by atoms with Gasteiger partial charge in [-0.2, -0.15) is 34.4 Å². The zero-order chi connectivity index (χ0) is 11.9. The van der Waals surface area contributed by atoms with Crippen LogP contribution < -0.4 is 58.2 Å². The number of rotatable bonds is 1. The first-order chi connectivity index (χ1) is 7.50. The number of benzene rings is 1. The number of nitrogens with zero attached hydrogens (tertiary/aromatic N) is 2. The first-order valence-corrected chi connectivity index (χ1v) is 5.19. The summed E-state index contributed by atoms with van der Waals surface area (Å²) in [6, 6.07) is 6.87. The molecule has 0 saturated heterocycles. The summed E-state index contributed by atoms with van der Waals surface area (Å²) in [6.07, 6.45) is 0. The van der Waals surface area contributed by atoms with Gasteiger partial charge in [0, 0.05) is 7.05 Å². The molecule has 0 aliphatic carbocycles. The van der Waals surface area contributed by atoms with E-state index in [1.807, 2.05) is 19.9 Å². The zero-order valence-electron chi connectivity index (χ0n) is 10.9. The third kappa shape index (κ3) is 2.95. The molecule has 0 bridgehead atoms. The summed E-state index contributed by atoms with van der Waals surface area (Å²) in [5.74, 6) is -0.247. The molecule has 0 atom stereocenters. The second-order valence-electron chi connectivity index (χ2n) is 4.08. The van der Waals surface area contributed by atoms with Gasteiger partial charge >= 0.3 is 58.2 Å². The molecule has 1 heterocycles. The van der Waals surface area contributed by atoms with Gasteiger partial charge in [0.1, 0.15) is 0 Å². The molecule has 1 aromatic heterocycles. The van der Waals surface area contributed by atoms with Crippen LogP contribution in [-0.4, -0.2) is 9.78 Å². The maximum absolute atomic E-state index is 13.9. The fraction of sp³-hybridized carbons (Fsp3) is 0.308. The first kappa shape index (κ1) is 15.2. The Labute approximate surface area is 150 Å². The third-order valence-electron chi connectivity index (χ3n) is 2.82. The van der Waals surface area contributed by atoms with Crippen LogP contribution in [0.1, 0.15) is 16.8 Å². The molecule has 0 amide bonds. The molecule has 0 spiro atoms. The van der Waals surface area contributed by atoms with Crippen LogP contribution in [0.4, 0.5) is 4.39 Å². The Morgan fingerprint density at radius 1 is 1.29 bits per heavy atom. The summed E-state index contributed by atoms with van der Waals surface area (Å²) in [4.78, 5) is 0. The van der Waals surface area contributed by atoms with E-state index in [9.17, 15) is 4.39 Å². The van der Waals surface area contributed by atoms with Crippen molar-refractivity contribution in [3.05, 3.63) is 40.8 Å². The standard InChI is InChI=1S/C13H14FN2.Rb/c1-8-5-6-11(9(2)7-8)13-12(14)10(3)16(4)15-13;/h6-7H,1-4H3;/q-1;+1. The molecule has 0 fully saturated rings. The van der Waals surface area contributed by atoms with Crippen molar-refractivity contribution in [2.75, 3.05) is 0 Å². The number of aromatic nitrogens is 2. The van der Waals surface area contributed by atoms with Crippen LogP contribution in [0.25, 0.3) is 11.3 Å². The van der Waals surface area contributed by atoms with Crippen molar-refractivity contribution in [2.45, 2.75) is 20.8 Å². The molecule has 84 valence electrons. The average molecular weight is 303 g/mol. The summed E-state index contributed by atoms with van der Waals surface area (Å²) >= 11 is 0. The van der Waals surface area contributed by atoms with E-state index in [4.69, 9.17) is 0 Å². The van der Waals surface area contributed by atoms with E-state index in [0.717, 1.165) is 16.7 Å². The normalized spacial score (nSPS) is 10.2. The largest absolute Gasteiger partial charge is 1.00 e. The number of aryl methyl sites for hydroxylation is 3. The van der Waals surface area contributed by atoms with E-state index in [-0.39, 0.29) is 64.0 Å². The van der Waals surface area contributed by atoms with E-state index >= 15 is 0 Å². The van der Waals surface area contributed by atoms with Crippen LogP contribution in [0, 0.1) is 32.7 Å². The molecule has 0 saturated carbocycles. The smallest absolute Gasteiger partial charge is 0.270 e. The molecule has 2 nitrogen and oxygen atoms in total. The third-order valence-corrected chi connectivity index (χ3v) is 2.82. The van der Waals surface area contributed by atoms with Crippen LogP contribution in [-0.2, 0) is 7.05 Å². The Morgan fingerprint density at radius 3 is 2.41 bits per heavy atom. The van der Waals surface area contributed by atoms with Gasteiger partial charge in [-0.25, -0.2) is 4.39 Å². The molecule has 2 rings (SSSR count). The van der Waals surface area contributed by atoms with Crippen molar-refractivity contribution in [2.24, 2.45) is 7.05 Å². The second-order valence-corrected chi connectivity index (χ2v) is 4.08. The summed E-state index contributed by atoms with van der Waals surface area (Å²) in [6.45, 7) is 5.65. The fourth-order valence-electron chi connectivity index (χ4n) is 1.75. The molecule has 4 heteroatoms. The van der Waals surface area contributed by atoms with E-state index in [0.29, 0.717) is 11.4 Å². The minimum absolute atomic E-state index is 0. The van der Waals surface area contributed by atoms with Gasteiger partial charge in [-0.05, 0) is 6.92 Å². The minimum atomic E-state index is -0.247. The van der Waals surface area contributed by atoms with Crippen molar-refractivity contribution >= 4 is 0 Å². The van der Waals surface area contributed by atoms with Crippen LogP contribution in [0.3, 0.4) is 0 Å². The molecule has 0 aliphatic heterocycles. The van der Waals surface area contributed by atoms with Crippen molar-refractivity contribution in [1.29, 1.82) is 0 Å². The molecule has 0 unspecified atom stereocenters. The number of hydrogen-bond acceptors (Lipinski definition) is 1. The Balaban J connectivity index is 0.00000144. The maximum atomic E-state index is 13.9. The van der Waals surface area contributed by atoms with Gasteiger partial charge in [-0.3, -0.25) is 4.68 Å². The topological polar surface area (TPSA) is 17.8 Å². The van der Waals surface area contributed by atoms with E-state index in [1.165, 1.54) is 0 Å². The van der Waals surface area contributed by atoms with Crippen molar-refractivity contribution in [3.63, 3.8) is 0 Å². The van der Waals surface area contributed by atoms with E-state index in [1.54, 1.807) is 24.7 Å². The van der Waals surface area contributed by atoms with E-state index < -0.39 is 0 Å². The SMILES string of the molecule is Cc1[c-]cc(-c2nn(C)c(C)c2F)c(C)c1.[Rb+]. The zero-order valence-corrected chi connectivity index (χ0v) is 15.8. The van der Waals surface area contributed by atoms with E-state index in [2.05, 4.69) is 11.2 Å². The fourth-order valence-corrected chi connectivity index (χ4v) is 1.75. The maximum Gasteiger partial charge on any atom is 1.00 e. The molecule has 1 aromatic carbocycles. The summed E-state index contributed by atoms with van der Waals surface area (Å²) in [5, 5.41) is 4.19. The summed E-state index contributed by atoms with van der Waals surface area (Å²) in [7, 11) is 1.75. The Bertz CT molecular complexity index is 547. The van der Waals surface area contributed by atoms with Gasteiger partial charge in [-0.15, -0.1) is 5.56 Å². The van der Waals surface area contributed by atoms with Crippen LogP contribution >= 0.6 is 0 Å². The quantitative estimate of drug-likeness (QED) is 0.676. The first-order valence-electron chi connectivity index (χ1n) is 5.19. The molecular weight excluding hydrogens is 289 g/mol. The van der Waals surface area contributed by atoms with Crippen LogP contribution in [0.2, 0.25) is 0 Å². The summed E-state index contributed by atoms with van der Waals surface area (Å²) < 4.78 is 15.5. The Morgan fingerprint density at radius 2 is 1.94 bits per heavy atom. The average Bonchev–Trinajstić information content (AvgIpc) is 2.46. The molecule has 0 radical (unpaired) electrons. The second kappa shape index (κ2) is 5.87. The minimum Gasteiger partial charge on any atom is -0.270 e. The molecular formula is C13H14FN2Rb. The molecule has 17 heavy (non-hydrogen) atoms. The van der Waals surface area contributed by atoms with Gasteiger partial charge in [0.05, 0.1) is 11.4 Å². The van der Waals surface area contributed by atoms with Gasteiger partial charge < -0.3 is 0 Å². The van der Waals surface area contributed by atoms with Crippen molar-refractivity contribution < 1.29 is 62.6 Å². The summed E-state index contributed by atoms with van der Waals surface area (Å²) in [5.41, 5.74) is 3.85. The van der Waals surface area contributed by atoms with Gasteiger partial charge in [-0.1, -0.05) is 13.8 Å². The molecule has 0 aliphatic rings. The van der Waals surface area contributed by atoms with Crippen LogP contribution in [0.15, 0.2) is 12.1 Å². The van der Waals surface area contributed by atoms with Crippen molar-refractivity contribution in [1.82, 2.24) is 9.78 Å². The molecule has 2 aromatic rings. The Hall–Kier alpha value is 0.165.